The van der Waals surface area contributed by atoms with Crippen LogP contribution in [-0.4, -0.2) is 15.1 Å². The van der Waals surface area contributed by atoms with Crippen molar-refractivity contribution >= 4 is 27.5 Å². The number of benzene rings is 1. The van der Waals surface area contributed by atoms with E-state index in [1.165, 1.54) is 0 Å². The summed E-state index contributed by atoms with van der Waals surface area (Å²) in [5.41, 5.74) is 0.813. The van der Waals surface area contributed by atoms with Crippen molar-refractivity contribution in [2.45, 2.75) is 12.5 Å². The third kappa shape index (κ3) is 2.64. The molecule has 5 heteroatoms. The second-order valence-corrected chi connectivity index (χ2v) is 4.69. The number of aliphatic hydroxyl groups is 1. The topological polar surface area (TPSA) is 48.9 Å². The smallest absolute Gasteiger partial charge is 0.108 e. The SMILES string of the molecule is OC(Cc1ncc[nH]1)c1ccc(Cl)c(Br)c1. The Morgan fingerprint density at radius 1 is 1.50 bits per heavy atom. The quantitative estimate of drug-likeness (QED) is 0.915. The molecule has 0 aliphatic heterocycles. The number of H-pyrrole nitrogens is 1. The van der Waals surface area contributed by atoms with Gasteiger partial charge in [-0.3, -0.25) is 0 Å². The van der Waals surface area contributed by atoms with Crippen LogP contribution in [0.1, 0.15) is 17.5 Å². The molecular formula is C11H10BrClN2O. The van der Waals surface area contributed by atoms with Crippen molar-refractivity contribution in [2.24, 2.45) is 0 Å². The Bertz CT molecular complexity index is 473. The van der Waals surface area contributed by atoms with E-state index in [0.717, 1.165) is 15.9 Å². The zero-order valence-corrected chi connectivity index (χ0v) is 10.7. The van der Waals surface area contributed by atoms with E-state index in [9.17, 15) is 5.11 Å². The third-order valence-electron chi connectivity index (χ3n) is 2.27. The second-order valence-electron chi connectivity index (χ2n) is 3.43. The molecule has 1 atom stereocenters. The Morgan fingerprint density at radius 2 is 2.31 bits per heavy atom. The van der Waals surface area contributed by atoms with Crippen molar-refractivity contribution in [3.63, 3.8) is 0 Å². The van der Waals surface area contributed by atoms with Crippen LogP contribution in [0, 0.1) is 0 Å². The van der Waals surface area contributed by atoms with E-state index >= 15 is 0 Å². The fraction of sp³-hybridized carbons (Fsp3) is 0.182. The lowest BCUT2D eigenvalue weighted by Gasteiger charge is -2.10. The Kier molecular flexibility index (Phi) is 3.63. The molecule has 0 radical (unpaired) electrons. The highest BCUT2D eigenvalue weighted by atomic mass is 79.9. The summed E-state index contributed by atoms with van der Waals surface area (Å²) in [6, 6.07) is 5.38. The monoisotopic (exact) mass is 300 g/mol. The number of imidazole rings is 1. The van der Waals surface area contributed by atoms with Crippen molar-refractivity contribution in [3.05, 3.63) is 51.5 Å². The van der Waals surface area contributed by atoms with E-state index in [0.29, 0.717) is 11.4 Å². The fourth-order valence-corrected chi connectivity index (χ4v) is 1.94. The van der Waals surface area contributed by atoms with Gasteiger partial charge in [-0.1, -0.05) is 17.7 Å². The Labute approximate surface area is 107 Å². The van der Waals surface area contributed by atoms with Gasteiger partial charge in [0.2, 0.25) is 0 Å². The van der Waals surface area contributed by atoms with Gasteiger partial charge in [-0.05, 0) is 33.6 Å². The first-order valence-electron chi connectivity index (χ1n) is 4.78. The first-order chi connectivity index (χ1) is 7.66. The molecule has 1 aromatic heterocycles. The number of rotatable bonds is 3. The van der Waals surface area contributed by atoms with Gasteiger partial charge in [0.1, 0.15) is 5.82 Å². The molecule has 16 heavy (non-hydrogen) atoms. The summed E-state index contributed by atoms with van der Waals surface area (Å²) < 4.78 is 0.783. The molecule has 2 N–H and O–H groups in total. The summed E-state index contributed by atoms with van der Waals surface area (Å²) in [5.74, 6) is 0.763. The van der Waals surface area contributed by atoms with E-state index in [1.54, 1.807) is 24.5 Å². The average molecular weight is 302 g/mol. The minimum absolute atomic E-state index is 0.459. The molecule has 2 rings (SSSR count). The van der Waals surface area contributed by atoms with Crippen LogP contribution in [0.4, 0.5) is 0 Å². The van der Waals surface area contributed by atoms with E-state index in [2.05, 4.69) is 25.9 Å². The van der Waals surface area contributed by atoms with Gasteiger partial charge in [-0.15, -0.1) is 0 Å². The number of aromatic amines is 1. The number of aliphatic hydroxyl groups excluding tert-OH is 1. The van der Waals surface area contributed by atoms with Crippen LogP contribution < -0.4 is 0 Å². The summed E-state index contributed by atoms with van der Waals surface area (Å²) in [4.78, 5) is 7.02. The molecule has 0 aliphatic carbocycles. The lowest BCUT2D eigenvalue weighted by Crippen LogP contribution is -2.03. The fourth-order valence-electron chi connectivity index (χ4n) is 1.43. The van der Waals surface area contributed by atoms with Crippen LogP contribution >= 0.6 is 27.5 Å². The van der Waals surface area contributed by atoms with E-state index in [4.69, 9.17) is 11.6 Å². The van der Waals surface area contributed by atoms with E-state index in [1.807, 2.05) is 6.07 Å². The summed E-state index contributed by atoms with van der Waals surface area (Å²) in [7, 11) is 0. The first kappa shape index (κ1) is 11.6. The summed E-state index contributed by atoms with van der Waals surface area (Å²) >= 11 is 9.21. The van der Waals surface area contributed by atoms with E-state index in [-0.39, 0.29) is 0 Å². The predicted octanol–water partition coefficient (Wildman–Crippen LogP) is 3.10. The maximum Gasteiger partial charge on any atom is 0.108 e. The predicted molar refractivity (Wildman–Crippen MR) is 66.4 cm³/mol. The zero-order chi connectivity index (χ0) is 11.5. The van der Waals surface area contributed by atoms with Gasteiger partial charge in [0, 0.05) is 23.3 Å². The standard InChI is InChI=1S/C11H10BrClN2O/c12-8-5-7(1-2-9(8)13)10(16)6-11-14-3-4-15-11/h1-5,10,16H,6H2,(H,14,15). The summed E-state index contributed by atoms with van der Waals surface area (Å²) in [6.07, 6.45) is 3.28. The molecule has 0 aliphatic rings. The molecular weight excluding hydrogens is 291 g/mol. The van der Waals surface area contributed by atoms with E-state index < -0.39 is 6.10 Å². The summed E-state index contributed by atoms with van der Waals surface area (Å²) in [5, 5.41) is 10.6. The zero-order valence-electron chi connectivity index (χ0n) is 8.32. The Morgan fingerprint density at radius 3 is 2.94 bits per heavy atom. The third-order valence-corrected chi connectivity index (χ3v) is 3.48. The lowest BCUT2D eigenvalue weighted by atomic mass is 10.1. The van der Waals surface area contributed by atoms with Crippen LogP contribution in [0.2, 0.25) is 5.02 Å². The summed E-state index contributed by atoms with van der Waals surface area (Å²) in [6.45, 7) is 0. The van der Waals surface area contributed by atoms with Crippen molar-refractivity contribution < 1.29 is 5.11 Å². The Balaban J connectivity index is 2.14. The molecule has 0 saturated heterocycles. The van der Waals surface area contributed by atoms with Gasteiger partial charge in [-0.25, -0.2) is 4.98 Å². The maximum atomic E-state index is 9.98. The van der Waals surface area contributed by atoms with Crippen LogP contribution in [-0.2, 0) is 6.42 Å². The second kappa shape index (κ2) is 4.99. The number of hydrogen-bond donors (Lipinski definition) is 2. The number of hydrogen-bond acceptors (Lipinski definition) is 2. The molecule has 84 valence electrons. The molecule has 0 fully saturated rings. The van der Waals surface area contributed by atoms with Crippen LogP contribution in [0.3, 0.4) is 0 Å². The van der Waals surface area contributed by atoms with Crippen molar-refractivity contribution in [2.75, 3.05) is 0 Å². The highest BCUT2D eigenvalue weighted by Gasteiger charge is 2.11. The van der Waals surface area contributed by atoms with Crippen molar-refractivity contribution in [1.29, 1.82) is 0 Å². The minimum Gasteiger partial charge on any atom is -0.388 e. The molecule has 1 aromatic carbocycles. The number of nitrogens with one attached hydrogen (secondary N) is 1. The first-order valence-corrected chi connectivity index (χ1v) is 5.95. The van der Waals surface area contributed by atoms with Crippen molar-refractivity contribution in [3.8, 4) is 0 Å². The van der Waals surface area contributed by atoms with Gasteiger partial charge in [0.05, 0.1) is 11.1 Å². The molecule has 2 aromatic rings. The molecule has 1 heterocycles. The number of halogens is 2. The Hall–Kier alpha value is -0.840. The highest BCUT2D eigenvalue weighted by Crippen LogP contribution is 2.27. The number of nitrogens with zero attached hydrogens (tertiary/aromatic N) is 1. The van der Waals surface area contributed by atoms with Crippen LogP contribution in [0.5, 0.6) is 0 Å². The lowest BCUT2D eigenvalue weighted by molar-refractivity contribution is 0.176. The normalized spacial score (nSPS) is 12.7. The average Bonchev–Trinajstić information content (AvgIpc) is 2.74. The van der Waals surface area contributed by atoms with Crippen molar-refractivity contribution in [1.82, 2.24) is 9.97 Å². The maximum absolute atomic E-state index is 9.98. The molecule has 0 bridgehead atoms. The van der Waals surface area contributed by atoms with Crippen LogP contribution in [0.15, 0.2) is 35.1 Å². The molecule has 0 spiro atoms. The molecule has 0 saturated carbocycles. The van der Waals surface area contributed by atoms with Gasteiger partial charge in [-0.2, -0.15) is 0 Å². The molecule has 3 nitrogen and oxygen atoms in total. The molecule has 1 unspecified atom stereocenters. The van der Waals surface area contributed by atoms with Gasteiger partial charge in [0.25, 0.3) is 0 Å². The largest absolute Gasteiger partial charge is 0.388 e. The number of aromatic nitrogens is 2. The van der Waals surface area contributed by atoms with Gasteiger partial charge in [0.15, 0.2) is 0 Å². The molecule has 0 amide bonds. The van der Waals surface area contributed by atoms with Crippen LogP contribution in [0.25, 0.3) is 0 Å². The highest BCUT2D eigenvalue weighted by molar-refractivity contribution is 9.10. The minimum atomic E-state index is -0.584. The van der Waals surface area contributed by atoms with Gasteiger partial charge < -0.3 is 10.1 Å². The van der Waals surface area contributed by atoms with Gasteiger partial charge >= 0.3 is 0 Å².